The fraction of sp³-hybridized carbons (Fsp3) is 0.222. The maximum atomic E-state index is 11.6. The van der Waals surface area contributed by atoms with Gasteiger partial charge in [-0.3, -0.25) is 5.43 Å². The van der Waals surface area contributed by atoms with Gasteiger partial charge in [0.05, 0.1) is 0 Å². The minimum Gasteiger partial charge on any atom is -0.627 e. The van der Waals surface area contributed by atoms with Crippen molar-refractivity contribution in [2.75, 3.05) is 0 Å². The molecule has 0 spiro atoms. The van der Waals surface area contributed by atoms with Crippen molar-refractivity contribution < 1.29 is 5.06 Å². The first-order chi connectivity index (χ1) is 6.25. The van der Waals surface area contributed by atoms with Crippen molar-refractivity contribution in [3.63, 3.8) is 0 Å². The van der Waals surface area contributed by atoms with Crippen LogP contribution in [0.3, 0.4) is 0 Å². The Labute approximate surface area is 77.4 Å². The molecular formula is C9H13N3O. The minimum atomic E-state index is -0.320. The van der Waals surface area contributed by atoms with E-state index in [9.17, 15) is 5.21 Å². The highest BCUT2D eigenvalue weighted by Gasteiger charge is 2.08. The lowest BCUT2D eigenvalue weighted by molar-refractivity contribution is -0.808. The van der Waals surface area contributed by atoms with Gasteiger partial charge in [-0.1, -0.05) is 18.2 Å². The van der Waals surface area contributed by atoms with Gasteiger partial charge in [0.15, 0.2) is 6.17 Å². The summed E-state index contributed by atoms with van der Waals surface area (Å²) in [5.41, 5.74) is 3.29. The van der Waals surface area contributed by atoms with Gasteiger partial charge in [0, 0.05) is 13.6 Å². The zero-order valence-corrected chi connectivity index (χ0v) is 7.53. The Morgan fingerprint density at radius 3 is 2.62 bits per heavy atom. The van der Waals surface area contributed by atoms with Gasteiger partial charge in [-0.25, -0.2) is 0 Å². The normalized spacial score (nSPS) is 14.6. The molecule has 4 nitrogen and oxygen atoms in total. The molecule has 0 aliphatic rings. The fourth-order valence-electron chi connectivity index (χ4n) is 1.05. The zero-order chi connectivity index (χ0) is 9.68. The van der Waals surface area contributed by atoms with E-state index in [1.807, 2.05) is 18.2 Å². The lowest BCUT2D eigenvalue weighted by Gasteiger charge is -2.27. The predicted octanol–water partition coefficient (Wildman–Crippen LogP) is 0.252. The molecule has 1 rings (SSSR count). The van der Waals surface area contributed by atoms with E-state index in [2.05, 4.69) is 17.2 Å². The molecule has 0 saturated carbocycles. The van der Waals surface area contributed by atoms with Crippen molar-refractivity contribution in [3.05, 3.63) is 35.5 Å². The molecule has 1 aromatic carbocycles. The number of hydrogen-bond acceptors (Lipinski definition) is 3. The van der Waals surface area contributed by atoms with Crippen LogP contribution in [0, 0.1) is 5.21 Å². The summed E-state index contributed by atoms with van der Waals surface area (Å²) in [6, 6.07) is 9.11. The Kier molecular flexibility index (Phi) is 3.42. The van der Waals surface area contributed by atoms with E-state index >= 15 is 0 Å². The van der Waals surface area contributed by atoms with E-state index in [-0.39, 0.29) is 11.2 Å². The van der Waals surface area contributed by atoms with Crippen molar-refractivity contribution in [1.29, 1.82) is 0 Å². The van der Waals surface area contributed by atoms with Crippen molar-refractivity contribution in [3.8, 4) is 0 Å². The Morgan fingerprint density at radius 2 is 2.08 bits per heavy atom. The Balaban J connectivity index is 2.67. The largest absolute Gasteiger partial charge is 0.627 e. The summed E-state index contributed by atoms with van der Waals surface area (Å²) in [5, 5.41) is 15.1. The van der Waals surface area contributed by atoms with E-state index < -0.39 is 0 Å². The van der Waals surface area contributed by atoms with Gasteiger partial charge in [0.1, 0.15) is 5.69 Å². The number of benzene rings is 1. The number of nitrogens with one attached hydrogen (secondary N) is 2. The van der Waals surface area contributed by atoms with Crippen LogP contribution >= 0.6 is 0 Å². The highest BCUT2D eigenvalue weighted by atomic mass is 16.5. The summed E-state index contributed by atoms with van der Waals surface area (Å²) in [5.74, 6) is 0. The van der Waals surface area contributed by atoms with Gasteiger partial charge in [0.2, 0.25) is 0 Å². The Hall–Kier alpha value is -1.39. The van der Waals surface area contributed by atoms with E-state index in [0.717, 1.165) is 0 Å². The third-order valence-corrected chi connectivity index (χ3v) is 1.74. The standard InChI is InChI=1S/C9H13N3O/c1-8(11-10-2)12(13)9-6-4-3-5-7-9/h3-8,11-12H,2H2,1H3. The Morgan fingerprint density at radius 1 is 1.46 bits per heavy atom. The van der Waals surface area contributed by atoms with E-state index in [1.54, 1.807) is 19.1 Å². The molecule has 0 saturated heterocycles. The van der Waals surface area contributed by atoms with Gasteiger partial charge in [-0.2, -0.15) is 5.10 Å². The van der Waals surface area contributed by atoms with Crippen LogP contribution in [0.25, 0.3) is 0 Å². The van der Waals surface area contributed by atoms with Crippen LogP contribution in [0.15, 0.2) is 35.4 Å². The quantitative estimate of drug-likeness (QED) is 0.395. The summed E-state index contributed by atoms with van der Waals surface area (Å²) in [6.45, 7) is 5.02. The van der Waals surface area contributed by atoms with E-state index in [0.29, 0.717) is 5.69 Å². The molecule has 2 unspecified atom stereocenters. The van der Waals surface area contributed by atoms with Gasteiger partial charge >= 0.3 is 0 Å². The SMILES string of the molecule is C=NNC(C)[NH+]([O-])c1ccccc1. The monoisotopic (exact) mass is 179 g/mol. The van der Waals surface area contributed by atoms with Crippen LogP contribution in [0.4, 0.5) is 5.69 Å². The number of hydroxylamine groups is 1. The number of hydrogen-bond donors (Lipinski definition) is 2. The number of rotatable bonds is 4. The van der Waals surface area contributed by atoms with Crippen LogP contribution < -0.4 is 10.5 Å². The molecule has 0 fully saturated rings. The molecule has 1 aromatic rings. The maximum absolute atomic E-state index is 11.6. The summed E-state index contributed by atoms with van der Waals surface area (Å²) >= 11 is 0. The van der Waals surface area contributed by atoms with Crippen molar-refractivity contribution >= 4 is 12.4 Å². The maximum Gasteiger partial charge on any atom is 0.177 e. The first-order valence-electron chi connectivity index (χ1n) is 4.06. The van der Waals surface area contributed by atoms with Crippen LogP contribution in [-0.2, 0) is 0 Å². The lowest BCUT2D eigenvalue weighted by atomic mass is 10.3. The molecule has 0 radical (unpaired) electrons. The van der Waals surface area contributed by atoms with Gasteiger partial charge in [-0.15, -0.1) is 0 Å². The first-order valence-corrected chi connectivity index (χ1v) is 4.06. The Bertz CT molecular complexity index is 263. The predicted molar refractivity (Wildman–Crippen MR) is 52.6 cm³/mol. The molecule has 0 bridgehead atoms. The third-order valence-electron chi connectivity index (χ3n) is 1.74. The van der Waals surface area contributed by atoms with Crippen LogP contribution in [0.5, 0.6) is 0 Å². The molecule has 2 N–H and O–H groups in total. The van der Waals surface area contributed by atoms with Crippen LogP contribution in [-0.4, -0.2) is 12.9 Å². The molecule has 0 aromatic heterocycles. The van der Waals surface area contributed by atoms with E-state index in [1.165, 1.54) is 0 Å². The summed E-state index contributed by atoms with van der Waals surface area (Å²) in [7, 11) is 0. The number of quaternary nitrogens is 1. The molecule has 0 aliphatic heterocycles. The molecular weight excluding hydrogens is 166 g/mol. The highest BCUT2D eigenvalue weighted by Crippen LogP contribution is 1.98. The number of nitrogens with zero attached hydrogens (tertiary/aromatic N) is 1. The second-order valence-corrected chi connectivity index (χ2v) is 2.74. The van der Waals surface area contributed by atoms with Crippen molar-refractivity contribution in [2.45, 2.75) is 13.1 Å². The zero-order valence-electron chi connectivity index (χ0n) is 7.53. The number of hydrazone groups is 1. The molecule has 0 aliphatic carbocycles. The average molecular weight is 179 g/mol. The second kappa shape index (κ2) is 4.59. The summed E-state index contributed by atoms with van der Waals surface area (Å²) < 4.78 is 0. The van der Waals surface area contributed by atoms with Gasteiger partial charge in [-0.05, 0) is 12.1 Å². The summed E-state index contributed by atoms with van der Waals surface area (Å²) in [4.78, 5) is 0. The third kappa shape index (κ3) is 2.54. The smallest absolute Gasteiger partial charge is 0.177 e. The topological polar surface area (TPSA) is 51.9 Å². The summed E-state index contributed by atoms with van der Waals surface area (Å²) in [6.07, 6.45) is -0.320. The van der Waals surface area contributed by atoms with Crippen LogP contribution in [0.2, 0.25) is 0 Å². The lowest BCUT2D eigenvalue weighted by Crippen LogP contribution is -3.08. The van der Waals surface area contributed by atoms with Gasteiger partial charge in [0.25, 0.3) is 0 Å². The second-order valence-electron chi connectivity index (χ2n) is 2.74. The molecule has 0 heterocycles. The molecule has 0 amide bonds. The van der Waals surface area contributed by atoms with E-state index in [4.69, 9.17) is 0 Å². The van der Waals surface area contributed by atoms with Crippen molar-refractivity contribution in [1.82, 2.24) is 5.43 Å². The molecule has 2 atom stereocenters. The van der Waals surface area contributed by atoms with Crippen molar-refractivity contribution in [2.24, 2.45) is 5.10 Å². The average Bonchev–Trinajstić information content (AvgIpc) is 2.18. The fourth-order valence-corrected chi connectivity index (χ4v) is 1.05. The first kappa shape index (κ1) is 9.70. The molecule has 70 valence electrons. The molecule has 4 heteroatoms. The van der Waals surface area contributed by atoms with Crippen LogP contribution in [0.1, 0.15) is 6.92 Å². The van der Waals surface area contributed by atoms with Gasteiger partial charge < -0.3 is 10.3 Å². The molecule has 13 heavy (non-hydrogen) atoms. The highest BCUT2D eigenvalue weighted by molar-refractivity contribution is 5.28. The minimum absolute atomic E-state index is 0.0213. The number of para-hydroxylation sites is 1.